The first-order chi connectivity index (χ1) is 8.83. The van der Waals surface area contributed by atoms with Crippen LogP contribution < -0.4 is 5.43 Å². The fourth-order valence-corrected chi connectivity index (χ4v) is 1.24. The van der Waals surface area contributed by atoms with Gasteiger partial charge in [-0.15, -0.1) is 0 Å². The largest absolute Gasteiger partial charge is 0.276 e. The highest BCUT2D eigenvalue weighted by atomic mass is 15.5. The normalized spacial score (nSPS) is 9.00. The van der Waals surface area contributed by atoms with Gasteiger partial charge in [0.15, 0.2) is 0 Å². The zero-order valence-corrected chi connectivity index (χ0v) is 9.15. The van der Waals surface area contributed by atoms with E-state index in [1.54, 1.807) is 42.7 Å². The monoisotopic (exact) mass is 237 g/mol. The fourth-order valence-electron chi connectivity index (χ4n) is 1.24. The van der Waals surface area contributed by atoms with Crippen molar-refractivity contribution in [3.63, 3.8) is 0 Å². The van der Waals surface area contributed by atoms with Crippen LogP contribution in [0.3, 0.4) is 0 Å². The number of rotatable bonds is 3. The zero-order valence-electron chi connectivity index (χ0n) is 9.15. The predicted octanol–water partition coefficient (Wildman–Crippen LogP) is 1.08. The van der Waals surface area contributed by atoms with Crippen molar-refractivity contribution >= 4 is 11.4 Å². The lowest BCUT2D eigenvalue weighted by atomic mass is 10.3. The number of nitriles is 2. The van der Waals surface area contributed by atoms with Gasteiger partial charge in [-0.1, -0.05) is 6.07 Å². The molecule has 0 saturated heterocycles. The molecule has 1 N–H and O–H groups in total. The molecule has 0 bridgehead atoms. The van der Waals surface area contributed by atoms with Crippen LogP contribution in [-0.4, -0.2) is 20.7 Å². The van der Waals surface area contributed by atoms with E-state index in [0.29, 0.717) is 5.69 Å². The first-order valence-corrected chi connectivity index (χ1v) is 4.94. The van der Waals surface area contributed by atoms with E-state index in [2.05, 4.69) is 20.7 Å². The SMILES string of the molecule is N#CC(C#N)=NNc1cccc(-n2nccn2)c1. The topological polar surface area (TPSA) is 103 Å². The Morgan fingerprint density at radius 1 is 1.22 bits per heavy atom. The molecule has 1 aromatic carbocycles. The number of anilines is 1. The minimum Gasteiger partial charge on any atom is -0.276 e. The van der Waals surface area contributed by atoms with Crippen LogP contribution in [0.25, 0.3) is 5.69 Å². The van der Waals surface area contributed by atoms with Crippen LogP contribution in [-0.2, 0) is 0 Å². The second-order valence-corrected chi connectivity index (χ2v) is 3.16. The number of hydrogen-bond donors (Lipinski definition) is 1. The van der Waals surface area contributed by atoms with Crippen LogP contribution in [0.5, 0.6) is 0 Å². The van der Waals surface area contributed by atoms with E-state index in [0.717, 1.165) is 5.69 Å². The summed E-state index contributed by atoms with van der Waals surface area (Å²) in [6, 6.07) is 10.4. The Kier molecular flexibility index (Phi) is 3.29. The summed E-state index contributed by atoms with van der Waals surface area (Å²) >= 11 is 0. The van der Waals surface area contributed by atoms with Crippen molar-refractivity contribution in [1.82, 2.24) is 15.0 Å². The lowest BCUT2D eigenvalue weighted by molar-refractivity contribution is 0.752. The van der Waals surface area contributed by atoms with Crippen molar-refractivity contribution in [2.75, 3.05) is 5.43 Å². The van der Waals surface area contributed by atoms with Crippen LogP contribution >= 0.6 is 0 Å². The van der Waals surface area contributed by atoms with Gasteiger partial charge in [-0.3, -0.25) is 5.43 Å². The van der Waals surface area contributed by atoms with E-state index in [4.69, 9.17) is 10.5 Å². The molecular formula is C11H7N7. The van der Waals surface area contributed by atoms with E-state index in [9.17, 15) is 0 Å². The van der Waals surface area contributed by atoms with Crippen LogP contribution in [0.15, 0.2) is 41.8 Å². The average molecular weight is 237 g/mol. The molecule has 0 atom stereocenters. The third-order valence-electron chi connectivity index (χ3n) is 2.00. The van der Waals surface area contributed by atoms with Gasteiger partial charge in [-0.25, -0.2) is 0 Å². The molecule has 0 aliphatic heterocycles. The summed E-state index contributed by atoms with van der Waals surface area (Å²) in [4.78, 5) is 1.45. The molecule has 7 nitrogen and oxygen atoms in total. The average Bonchev–Trinajstić information content (AvgIpc) is 2.94. The van der Waals surface area contributed by atoms with Crippen molar-refractivity contribution in [2.45, 2.75) is 0 Å². The second kappa shape index (κ2) is 5.23. The summed E-state index contributed by atoms with van der Waals surface area (Å²) < 4.78 is 0. The van der Waals surface area contributed by atoms with Crippen LogP contribution in [0.4, 0.5) is 5.69 Å². The molecule has 0 radical (unpaired) electrons. The molecule has 0 spiro atoms. The molecule has 0 fully saturated rings. The lowest BCUT2D eigenvalue weighted by Gasteiger charge is -2.03. The Morgan fingerprint density at radius 2 is 1.94 bits per heavy atom. The number of hydrazone groups is 1. The minimum atomic E-state index is -0.238. The van der Waals surface area contributed by atoms with Gasteiger partial charge in [-0.2, -0.15) is 30.6 Å². The van der Waals surface area contributed by atoms with Gasteiger partial charge in [0.05, 0.1) is 23.8 Å². The number of benzene rings is 1. The quantitative estimate of drug-likeness (QED) is 0.635. The first-order valence-electron chi connectivity index (χ1n) is 4.94. The molecule has 2 aromatic rings. The molecule has 2 rings (SSSR count). The van der Waals surface area contributed by atoms with Crippen LogP contribution in [0.2, 0.25) is 0 Å². The molecular weight excluding hydrogens is 230 g/mol. The van der Waals surface area contributed by atoms with Gasteiger partial charge < -0.3 is 0 Å². The third-order valence-corrected chi connectivity index (χ3v) is 2.00. The summed E-state index contributed by atoms with van der Waals surface area (Å²) in [6.07, 6.45) is 3.14. The lowest BCUT2D eigenvalue weighted by Crippen LogP contribution is -2.00. The Balaban J connectivity index is 2.22. The zero-order chi connectivity index (χ0) is 12.8. The summed E-state index contributed by atoms with van der Waals surface area (Å²) in [7, 11) is 0. The molecule has 18 heavy (non-hydrogen) atoms. The van der Waals surface area contributed by atoms with Gasteiger partial charge in [0.1, 0.15) is 12.1 Å². The standard InChI is InChI=1S/C11H7N7/c12-7-10(8-13)17-16-9-2-1-3-11(6-9)18-14-4-5-15-18/h1-6,16H. The molecule has 86 valence electrons. The molecule has 7 heteroatoms. The Labute approximate surface area is 103 Å². The third kappa shape index (κ3) is 2.49. The van der Waals surface area contributed by atoms with Crippen molar-refractivity contribution in [1.29, 1.82) is 10.5 Å². The Morgan fingerprint density at radius 3 is 2.61 bits per heavy atom. The molecule has 0 aliphatic rings. The Bertz CT molecular complexity index is 627. The van der Waals surface area contributed by atoms with Crippen molar-refractivity contribution in [3.05, 3.63) is 36.7 Å². The summed E-state index contributed by atoms with van der Waals surface area (Å²) in [5.74, 6) is 0. The highest BCUT2D eigenvalue weighted by Gasteiger charge is 1.99. The van der Waals surface area contributed by atoms with E-state index in [1.807, 2.05) is 6.07 Å². The van der Waals surface area contributed by atoms with E-state index in [1.165, 1.54) is 4.80 Å². The highest BCUT2D eigenvalue weighted by molar-refractivity contribution is 6.10. The maximum atomic E-state index is 8.54. The molecule has 1 aromatic heterocycles. The molecule has 1 heterocycles. The summed E-state index contributed by atoms with van der Waals surface area (Å²) in [6.45, 7) is 0. The summed E-state index contributed by atoms with van der Waals surface area (Å²) in [5, 5.41) is 28.7. The van der Waals surface area contributed by atoms with Gasteiger partial charge in [0.25, 0.3) is 0 Å². The van der Waals surface area contributed by atoms with E-state index >= 15 is 0 Å². The fraction of sp³-hybridized carbons (Fsp3) is 0. The van der Waals surface area contributed by atoms with Crippen LogP contribution in [0.1, 0.15) is 0 Å². The van der Waals surface area contributed by atoms with Gasteiger partial charge in [0.2, 0.25) is 5.71 Å². The van der Waals surface area contributed by atoms with Gasteiger partial charge in [0, 0.05) is 0 Å². The number of nitrogens with zero attached hydrogens (tertiary/aromatic N) is 6. The van der Waals surface area contributed by atoms with E-state index < -0.39 is 0 Å². The minimum absolute atomic E-state index is 0.238. The van der Waals surface area contributed by atoms with Gasteiger partial charge in [-0.05, 0) is 18.2 Å². The molecule has 0 aliphatic carbocycles. The molecule has 0 unspecified atom stereocenters. The summed E-state index contributed by atoms with van der Waals surface area (Å²) in [5.41, 5.74) is 3.76. The maximum Gasteiger partial charge on any atom is 0.237 e. The number of hydrogen-bond acceptors (Lipinski definition) is 6. The molecule has 0 saturated carbocycles. The predicted molar refractivity (Wildman–Crippen MR) is 63.6 cm³/mol. The first kappa shape index (κ1) is 11.3. The number of aromatic nitrogens is 3. The van der Waals surface area contributed by atoms with E-state index in [-0.39, 0.29) is 5.71 Å². The van der Waals surface area contributed by atoms with Gasteiger partial charge >= 0.3 is 0 Å². The second-order valence-electron chi connectivity index (χ2n) is 3.16. The number of nitrogens with one attached hydrogen (secondary N) is 1. The Hall–Kier alpha value is -3.19. The maximum absolute atomic E-state index is 8.54. The van der Waals surface area contributed by atoms with Crippen molar-refractivity contribution in [3.8, 4) is 17.8 Å². The van der Waals surface area contributed by atoms with Crippen LogP contribution in [0, 0.1) is 22.7 Å². The molecule has 0 amide bonds. The highest BCUT2D eigenvalue weighted by Crippen LogP contribution is 2.12. The smallest absolute Gasteiger partial charge is 0.237 e. The van der Waals surface area contributed by atoms with Crippen molar-refractivity contribution in [2.24, 2.45) is 5.10 Å². The van der Waals surface area contributed by atoms with Crippen molar-refractivity contribution < 1.29 is 0 Å².